The second kappa shape index (κ2) is 5.52. The first-order chi connectivity index (χ1) is 8.22. The molecule has 94 valence electrons. The molecule has 1 aromatic heterocycles. The van der Waals surface area contributed by atoms with Crippen LogP contribution in [-0.4, -0.2) is 10.9 Å². The number of rotatable bonds is 5. The number of hydrogen-bond donors (Lipinski definition) is 0. The molecule has 0 radical (unpaired) electrons. The van der Waals surface area contributed by atoms with Crippen LogP contribution in [-0.2, 0) is 6.54 Å². The van der Waals surface area contributed by atoms with Gasteiger partial charge in [0.15, 0.2) is 6.29 Å². The summed E-state index contributed by atoms with van der Waals surface area (Å²) in [6, 6.07) is 2.00. The number of carbonyl (C=O) groups is 1. The summed E-state index contributed by atoms with van der Waals surface area (Å²) in [7, 11) is 0. The Morgan fingerprint density at radius 3 is 2.65 bits per heavy atom. The van der Waals surface area contributed by atoms with Gasteiger partial charge >= 0.3 is 0 Å². The average molecular weight is 233 g/mol. The molecule has 0 spiro atoms. The molecule has 2 rings (SSSR count). The molecule has 0 N–H and O–H groups in total. The van der Waals surface area contributed by atoms with Gasteiger partial charge in [-0.2, -0.15) is 0 Å². The van der Waals surface area contributed by atoms with Crippen LogP contribution >= 0.6 is 0 Å². The van der Waals surface area contributed by atoms with Crippen molar-refractivity contribution < 1.29 is 4.79 Å². The van der Waals surface area contributed by atoms with Crippen LogP contribution in [0, 0.1) is 19.8 Å². The topological polar surface area (TPSA) is 22.0 Å². The molecule has 0 aliphatic heterocycles. The van der Waals surface area contributed by atoms with E-state index in [1.54, 1.807) is 0 Å². The van der Waals surface area contributed by atoms with Crippen LogP contribution in [0.5, 0.6) is 0 Å². The lowest BCUT2D eigenvalue weighted by Gasteiger charge is -2.12. The summed E-state index contributed by atoms with van der Waals surface area (Å²) >= 11 is 0. The number of carbonyl (C=O) groups excluding carboxylic acids is 1. The smallest absolute Gasteiger partial charge is 0.151 e. The minimum atomic E-state index is 0.850. The highest BCUT2D eigenvalue weighted by Gasteiger charge is 2.15. The lowest BCUT2D eigenvalue weighted by molar-refractivity contribution is 0.112. The first kappa shape index (κ1) is 12.4. The van der Waals surface area contributed by atoms with E-state index in [1.807, 2.05) is 13.0 Å². The van der Waals surface area contributed by atoms with Gasteiger partial charge in [-0.25, -0.2) is 0 Å². The minimum absolute atomic E-state index is 0.850. The molecular formula is C15H23NO. The summed E-state index contributed by atoms with van der Waals surface area (Å²) in [5, 5.41) is 0. The maximum absolute atomic E-state index is 10.9. The maximum Gasteiger partial charge on any atom is 0.151 e. The third kappa shape index (κ3) is 2.80. The molecule has 0 saturated heterocycles. The highest BCUT2D eigenvalue weighted by atomic mass is 16.1. The Morgan fingerprint density at radius 1 is 1.35 bits per heavy atom. The number of aromatic nitrogens is 1. The Balaban J connectivity index is 1.89. The molecule has 2 nitrogen and oxygen atoms in total. The molecular weight excluding hydrogens is 210 g/mol. The zero-order valence-electron chi connectivity index (χ0n) is 11.0. The van der Waals surface area contributed by atoms with Crippen molar-refractivity contribution in [1.29, 1.82) is 0 Å². The molecule has 1 aromatic rings. The molecule has 2 heteroatoms. The van der Waals surface area contributed by atoms with Crippen LogP contribution in [0.25, 0.3) is 0 Å². The van der Waals surface area contributed by atoms with Crippen molar-refractivity contribution in [2.24, 2.45) is 5.92 Å². The molecule has 1 heterocycles. The second-order valence-electron chi connectivity index (χ2n) is 5.39. The van der Waals surface area contributed by atoms with Crippen LogP contribution < -0.4 is 0 Å². The van der Waals surface area contributed by atoms with E-state index in [4.69, 9.17) is 0 Å². The third-order valence-electron chi connectivity index (χ3n) is 4.21. The van der Waals surface area contributed by atoms with Gasteiger partial charge in [0, 0.05) is 23.5 Å². The lowest BCUT2D eigenvalue weighted by Crippen LogP contribution is -2.05. The largest absolute Gasteiger partial charge is 0.348 e. The van der Waals surface area contributed by atoms with Crippen molar-refractivity contribution in [3.05, 3.63) is 23.0 Å². The second-order valence-corrected chi connectivity index (χ2v) is 5.39. The van der Waals surface area contributed by atoms with E-state index >= 15 is 0 Å². The molecule has 1 fully saturated rings. The van der Waals surface area contributed by atoms with Gasteiger partial charge in [-0.05, 0) is 38.7 Å². The first-order valence-electron chi connectivity index (χ1n) is 6.84. The van der Waals surface area contributed by atoms with E-state index in [-0.39, 0.29) is 0 Å². The molecule has 1 aliphatic rings. The van der Waals surface area contributed by atoms with Gasteiger partial charge in [-0.15, -0.1) is 0 Å². The molecule has 0 amide bonds. The lowest BCUT2D eigenvalue weighted by atomic mass is 10.0. The SMILES string of the molecule is Cc1cc(C=O)c(C)n1CCCC1CCCC1. The predicted octanol–water partition coefficient (Wildman–Crippen LogP) is 3.89. The number of aryl methyl sites for hydroxylation is 1. The summed E-state index contributed by atoms with van der Waals surface area (Å²) in [4.78, 5) is 10.9. The normalized spacial score (nSPS) is 16.6. The van der Waals surface area contributed by atoms with Crippen molar-refractivity contribution in [3.8, 4) is 0 Å². The highest BCUT2D eigenvalue weighted by molar-refractivity contribution is 5.77. The zero-order valence-corrected chi connectivity index (χ0v) is 11.0. The van der Waals surface area contributed by atoms with Crippen LogP contribution in [0.3, 0.4) is 0 Å². The Labute approximate surface area is 104 Å². The number of aldehydes is 1. The number of nitrogens with zero attached hydrogens (tertiary/aromatic N) is 1. The van der Waals surface area contributed by atoms with Gasteiger partial charge in [0.05, 0.1) is 0 Å². The van der Waals surface area contributed by atoms with Crippen molar-refractivity contribution in [3.63, 3.8) is 0 Å². The predicted molar refractivity (Wildman–Crippen MR) is 70.5 cm³/mol. The van der Waals surface area contributed by atoms with Gasteiger partial charge in [0.25, 0.3) is 0 Å². The quantitative estimate of drug-likeness (QED) is 0.707. The summed E-state index contributed by atoms with van der Waals surface area (Å²) in [5.41, 5.74) is 3.20. The fourth-order valence-corrected chi connectivity index (χ4v) is 3.13. The van der Waals surface area contributed by atoms with Crippen molar-refractivity contribution >= 4 is 6.29 Å². The summed E-state index contributed by atoms with van der Waals surface area (Å²) < 4.78 is 2.29. The van der Waals surface area contributed by atoms with Crippen LogP contribution in [0.1, 0.15) is 60.3 Å². The van der Waals surface area contributed by atoms with E-state index in [0.29, 0.717) is 0 Å². The molecule has 1 saturated carbocycles. The maximum atomic E-state index is 10.9. The van der Waals surface area contributed by atoms with Crippen LogP contribution in [0.4, 0.5) is 0 Å². The highest BCUT2D eigenvalue weighted by Crippen LogP contribution is 2.28. The van der Waals surface area contributed by atoms with Crippen molar-refractivity contribution in [2.45, 2.75) is 58.9 Å². The van der Waals surface area contributed by atoms with E-state index < -0.39 is 0 Å². The standard InChI is InChI=1S/C15H23NO/c1-12-10-15(11-17)13(2)16(12)9-5-8-14-6-3-4-7-14/h10-11,14H,3-9H2,1-2H3. The van der Waals surface area contributed by atoms with Crippen molar-refractivity contribution in [2.75, 3.05) is 0 Å². The Kier molecular flexibility index (Phi) is 4.03. The summed E-state index contributed by atoms with van der Waals surface area (Å²) in [6.07, 6.45) is 9.30. The Bertz CT molecular complexity index is 386. The van der Waals surface area contributed by atoms with Crippen LogP contribution in [0.15, 0.2) is 6.07 Å². The van der Waals surface area contributed by atoms with Crippen molar-refractivity contribution in [1.82, 2.24) is 4.57 Å². The van der Waals surface area contributed by atoms with Gasteiger partial charge < -0.3 is 4.57 Å². The summed E-state index contributed by atoms with van der Waals surface area (Å²) in [5.74, 6) is 0.969. The molecule has 1 aliphatic carbocycles. The average Bonchev–Trinajstić information content (AvgIpc) is 2.91. The fraction of sp³-hybridized carbons (Fsp3) is 0.667. The van der Waals surface area contributed by atoms with Gasteiger partial charge in [0.1, 0.15) is 0 Å². The van der Waals surface area contributed by atoms with Gasteiger partial charge in [-0.3, -0.25) is 4.79 Å². The van der Waals surface area contributed by atoms with E-state index in [1.165, 1.54) is 44.2 Å². The first-order valence-corrected chi connectivity index (χ1v) is 6.84. The van der Waals surface area contributed by atoms with E-state index in [0.717, 1.165) is 30.0 Å². The Hall–Kier alpha value is -1.05. The van der Waals surface area contributed by atoms with Crippen LogP contribution in [0.2, 0.25) is 0 Å². The van der Waals surface area contributed by atoms with Gasteiger partial charge in [0.2, 0.25) is 0 Å². The fourth-order valence-electron chi connectivity index (χ4n) is 3.13. The monoisotopic (exact) mass is 233 g/mol. The third-order valence-corrected chi connectivity index (χ3v) is 4.21. The summed E-state index contributed by atoms with van der Waals surface area (Å²) in [6.45, 7) is 5.21. The minimum Gasteiger partial charge on any atom is -0.348 e. The number of hydrogen-bond acceptors (Lipinski definition) is 1. The molecule has 0 aromatic carbocycles. The Morgan fingerprint density at radius 2 is 2.06 bits per heavy atom. The van der Waals surface area contributed by atoms with Gasteiger partial charge in [-0.1, -0.05) is 25.7 Å². The molecule has 0 bridgehead atoms. The zero-order chi connectivity index (χ0) is 12.3. The molecule has 0 atom stereocenters. The van der Waals surface area contributed by atoms with E-state index in [2.05, 4.69) is 11.5 Å². The molecule has 0 unspecified atom stereocenters. The van der Waals surface area contributed by atoms with E-state index in [9.17, 15) is 4.79 Å². The molecule has 17 heavy (non-hydrogen) atoms.